The largest absolute Gasteiger partial charge is 0.491 e. The number of fused-ring (bicyclic) bond motifs is 12. The standard InChI is InChI=1S/C22H31NO5S.C22H31NO3.C22H32O5S.C21H30O5S/c1-14-5-8-19-21(3,10-9-20-22(19,4)12-27-29(25)28-20)17(14)7-6-16-15(2)26-11-18(16)23-13-24;1-14-6-9-19-20(3,10-11-22(5)21(19,4)13-23-26-22)17(14)8-7-16-15(2)25-12-18(16)24;1-14-6-9-19-20(3,17(14)8-7-16-15(2)25-12-18(16)23)10-11-22(5)21(19,4)13-26-28(24)27-22;1-13-5-8-18-20(3,10-9-19-21(18,4)12-25-27(23)26-19)16(13)7-6-15-14(2)24-11-17(15)22/h6,13,17-20H,1-2,5,7-12H2,3-4H3,(H,23,24);7,13,17-19,24H,1-2,6,8-12H2,3-5H3;7,17-19,23H,1-2,6,8-13H2,3-5H3;6,16-19,22H,1-2,5,7-12H2,3-4H3/b16-6-;2*16-7-;15-6-/t17-,18?,19+,20-,21+,22+,29?;17-,18-,19+,20+,21+,22-;17-,18-,19+,20+,21+,22-,28+;16-,17-,18+,19-,20+,21+,27-/m1111/s1. The molecule has 1 amide bonds. The number of ether oxygens (including phenoxy) is 4. The second-order valence-electron chi connectivity index (χ2n) is 37.4. The van der Waals surface area contributed by atoms with Gasteiger partial charge in [-0.25, -0.2) is 0 Å². The minimum absolute atomic E-state index is 0.0136. The van der Waals surface area contributed by atoms with Gasteiger partial charge in [0, 0.05) is 38.5 Å². The highest BCUT2D eigenvalue weighted by Crippen LogP contribution is 2.70. The van der Waals surface area contributed by atoms with E-state index in [2.05, 4.69) is 163 Å². The van der Waals surface area contributed by atoms with E-state index in [1.807, 2.05) is 0 Å². The van der Waals surface area contributed by atoms with Gasteiger partial charge in [0.1, 0.15) is 73.4 Å². The van der Waals surface area contributed by atoms with Gasteiger partial charge in [-0.2, -0.15) is 12.6 Å². The molecule has 27 atom stereocenters. The highest BCUT2D eigenvalue weighted by atomic mass is 32.2. The van der Waals surface area contributed by atoms with Crippen LogP contribution >= 0.6 is 0 Å². The lowest BCUT2D eigenvalue weighted by Gasteiger charge is -2.64. The van der Waals surface area contributed by atoms with E-state index in [4.69, 9.17) is 48.9 Å². The van der Waals surface area contributed by atoms with Crippen molar-refractivity contribution in [1.82, 2.24) is 5.32 Å². The van der Waals surface area contributed by atoms with Crippen molar-refractivity contribution in [1.29, 1.82) is 0 Å². The average Bonchev–Trinajstić information content (AvgIpc) is 0.859. The van der Waals surface area contributed by atoms with Crippen LogP contribution in [0.25, 0.3) is 0 Å². The maximum Gasteiger partial charge on any atom is 0.305 e. The third-order valence-electron chi connectivity index (χ3n) is 32.0. The first-order valence-corrected chi connectivity index (χ1v) is 43.3. The number of carbonyl (C=O) groups is 1. The minimum atomic E-state index is -1.66. The number of allylic oxidation sites excluding steroid dienone is 8. The molecular weight excluding hydrogens is 1460 g/mol. The van der Waals surface area contributed by atoms with Gasteiger partial charge < -0.3 is 44.4 Å². The molecule has 8 heterocycles. The molecular formula is C87H124N2O18S3. The molecule has 15 fully saturated rings. The third kappa shape index (κ3) is 14.4. The lowest BCUT2D eigenvalue weighted by Crippen LogP contribution is -2.65. The molecule has 16 aliphatic rings. The Morgan fingerprint density at radius 2 is 0.809 bits per heavy atom. The zero-order valence-electron chi connectivity index (χ0n) is 66.9. The van der Waals surface area contributed by atoms with Crippen LogP contribution in [0.3, 0.4) is 0 Å². The van der Waals surface area contributed by atoms with Crippen LogP contribution in [0.2, 0.25) is 0 Å². The summed E-state index contributed by atoms with van der Waals surface area (Å²) in [5.74, 6) is 5.50. The van der Waals surface area contributed by atoms with Crippen LogP contribution in [0.4, 0.5) is 0 Å². The molecule has 0 aromatic heterocycles. The van der Waals surface area contributed by atoms with Crippen LogP contribution < -0.4 is 5.32 Å². The smallest absolute Gasteiger partial charge is 0.305 e. The van der Waals surface area contributed by atoms with E-state index in [0.717, 1.165) is 151 Å². The van der Waals surface area contributed by atoms with E-state index in [0.29, 0.717) is 123 Å². The van der Waals surface area contributed by atoms with E-state index in [-0.39, 0.29) is 67.2 Å². The molecule has 4 N–H and O–H groups in total. The summed E-state index contributed by atoms with van der Waals surface area (Å²) in [6, 6.07) is -0.135. The summed E-state index contributed by atoms with van der Waals surface area (Å²) in [6.07, 6.45) is 29.0. The van der Waals surface area contributed by atoms with Gasteiger partial charge in [-0.1, -0.05) is 160 Å². The summed E-state index contributed by atoms with van der Waals surface area (Å²) in [4.78, 5) is 16.8. The molecule has 8 aliphatic heterocycles. The Bertz CT molecular complexity index is 3960. The average molecular weight is 1580 g/mol. The first-order chi connectivity index (χ1) is 51.9. The van der Waals surface area contributed by atoms with E-state index >= 15 is 0 Å². The van der Waals surface area contributed by atoms with Crippen molar-refractivity contribution in [2.45, 2.75) is 245 Å². The highest BCUT2D eigenvalue weighted by Gasteiger charge is 2.68. The molecule has 16 rings (SSSR count). The Kier molecular flexibility index (Phi) is 23.6. The molecule has 608 valence electrons. The van der Waals surface area contributed by atoms with Gasteiger partial charge in [-0.3, -0.25) is 29.9 Å². The van der Waals surface area contributed by atoms with Gasteiger partial charge in [0.25, 0.3) is 0 Å². The number of carbonyl (C=O) groups excluding carboxylic acids is 1. The summed E-state index contributed by atoms with van der Waals surface area (Å²) < 4.78 is 90.8. The number of rotatable bonds is 10. The van der Waals surface area contributed by atoms with Crippen molar-refractivity contribution in [2.75, 3.05) is 46.2 Å². The fraction of sp³-hybridized carbons (Fsp3) is 0.701. The first kappa shape index (κ1) is 83.1. The fourth-order valence-corrected chi connectivity index (χ4v) is 27.6. The van der Waals surface area contributed by atoms with Gasteiger partial charge in [0.15, 0.2) is 0 Å². The third-order valence-corrected chi connectivity index (χ3v) is 34.2. The Labute approximate surface area is 661 Å². The monoisotopic (exact) mass is 1580 g/mol. The van der Waals surface area contributed by atoms with Crippen molar-refractivity contribution in [3.05, 3.63) is 145 Å². The Hall–Kier alpha value is -4.89. The van der Waals surface area contributed by atoms with Gasteiger partial charge >= 0.3 is 34.1 Å². The van der Waals surface area contributed by atoms with Crippen molar-refractivity contribution in [3.8, 4) is 0 Å². The molecule has 7 saturated heterocycles. The molecule has 8 aliphatic carbocycles. The Balaban J connectivity index is 0.000000129. The molecule has 8 saturated carbocycles. The topological polar surface area (TPSA) is 255 Å². The van der Waals surface area contributed by atoms with Crippen LogP contribution in [0.5, 0.6) is 0 Å². The van der Waals surface area contributed by atoms with E-state index in [1.165, 1.54) is 22.3 Å². The SMILES string of the molecule is C=C1OCC(NC=O)/C1=C\C[C@@H]1C(=C)CC[C@@H]2[C@]3(C)COS(=O)O[C@@H]3CC[C@]21C.C=C1OC[C@@H](O)/C1=C\C[C@@H]1C(=C)CC[C@@H]2[C@]3(C)CO[S@@](=O)O[C@@H]3CC[C@]21C.C=C1OC[C@@H](O)/C1=C\C[C@@H]1C(=C)CC[C@H]2[C@@]1(C)CC[C@@]1(C)ON=C[C@@]21C.C=C1OC[C@@H](O)/C1=C\C[C@@H]1C(=C)CC[C@H]2[C@@]1(C)CC[C@@]1(C)O[S@@](=O)OC[C@@]21C. The number of aliphatic hydroxyl groups excluding tert-OH is 3. The summed E-state index contributed by atoms with van der Waals surface area (Å²) in [6.45, 7) is 59.0. The molecule has 20 nitrogen and oxygen atoms in total. The van der Waals surface area contributed by atoms with Gasteiger partial charge in [-0.15, -0.1) is 0 Å². The van der Waals surface area contributed by atoms with Crippen LogP contribution in [0, 0.1) is 90.7 Å². The quantitative estimate of drug-likeness (QED) is 0.117. The number of oxime groups is 1. The van der Waals surface area contributed by atoms with Crippen molar-refractivity contribution < 1.29 is 81.6 Å². The maximum absolute atomic E-state index is 11.9. The van der Waals surface area contributed by atoms with Gasteiger partial charge in [-0.05, 0) is 211 Å². The Morgan fingerprint density at radius 1 is 0.445 bits per heavy atom. The second kappa shape index (κ2) is 31.3. The normalized spacial score (nSPS) is 48.5. The van der Waals surface area contributed by atoms with Gasteiger partial charge in [0.2, 0.25) is 6.41 Å². The number of nitrogens with zero attached hydrogens (tertiary/aromatic N) is 1. The molecule has 0 aromatic rings. The zero-order chi connectivity index (χ0) is 79.3. The molecule has 0 bridgehead atoms. The minimum Gasteiger partial charge on any atom is -0.491 e. The maximum atomic E-state index is 11.9. The first-order valence-electron chi connectivity index (χ1n) is 40.3. The zero-order valence-corrected chi connectivity index (χ0v) is 69.4. The number of amides is 1. The van der Waals surface area contributed by atoms with E-state index < -0.39 is 58.0 Å². The number of nitrogens with one attached hydrogen (secondary N) is 1. The predicted molar refractivity (Wildman–Crippen MR) is 425 cm³/mol. The van der Waals surface area contributed by atoms with Crippen LogP contribution in [-0.4, -0.2) is 135 Å². The summed E-state index contributed by atoms with van der Waals surface area (Å²) in [7, 11) is 0. The van der Waals surface area contributed by atoms with Crippen LogP contribution in [0.15, 0.2) is 150 Å². The molecule has 0 aromatic carbocycles. The van der Waals surface area contributed by atoms with Gasteiger partial charge in [0.05, 0.1) is 55.3 Å². The molecule has 2 unspecified atom stereocenters. The number of hydrogen-bond donors (Lipinski definition) is 4. The number of aliphatic hydroxyl groups is 3. The lowest BCUT2D eigenvalue weighted by molar-refractivity contribution is -0.202. The van der Waals surface area contributed by atoms with Crippen molar-refractivity contribution >= 4 is 46.7 Å². The lowest BCUT2D eigenvalue weighted by atomic mass is 9.43. The summed E-state index contributed by atoms with van der Waals surface area (Å²) in [5.41, 5.74) is 7.85. The molecule has 0 spiro atoms. The predicted octanol–water partition coefficient (Wildman–Crippen LogP) is 15.3. The highest BCUT2D eigenvalue weighted by molar-refractivity contribution is 7.75. The molecule has 23 heteroatoms. The number of hydrogen-bond acceptors (Lipinski definition) is 19. The molecule has 110 heavy (non-hydrogen) atoms. The van der Waals surface area contributed by atoms with E-state index in [1.54, 1.807) is 0 Å². The Morgan fingerprint density at radius 3 is 1.23 bits per heavy atom. The fourth-order valence-electron chi connectivity index (χ4n) is 24.8. The molecule has 0 radical (unpaired) electrons. The van der Waals surface area contributed by atoms with Crippen molar-refractivity contribution in [3.63, 3.8) is 0 Å². The second-order valence-corrected chi connectivity index (χ2v) is 39.8. The van der Waals surface area contributed by atoms with Crippen molar-refractivity contribution in [2.24, 2.45) is 95.8 Å². The van der Waals surface area contributed by atoms with Crippen LogP contribution in [0.1, 0.15) is 198 Å². The summed E-state index contributed by atoms with van der Waals surface area (Å²) in [5, 5.41) is 37.5. The van der Waals surface area contributed by atoms with E-state index in [9.17, 15) is 32.7 Å². The summed E-state index contributed by atoms with van der Waals surface area (Å²) >= 11 is -4.90. The van der Waals surface area contributed by atoms with Crippen LogP contribution in [-0.2, 0) is 87.8 Å².